The maximum atomic E-state index is 11.3. The summed E-state index contributed by atoms with van der Waals surface area (Å²) in [4.78, 5) is 8.56. The molecule has 0 spiro atoms. The maximum Gasteiger partial charge on any atom is 0.154 e. The lowest BCUT2D eigenvalue weighted by Gasteiger charge is -2.05. The van der Waals surface area contributed by atoms with Gasteiger partial charge in [0.2, 0.25) is 0 Å². The highest BCUT2D eigenvalue weighted by molar-refractivity contribution is 7.84. The molecular weight excluding hydrogens is 236 g/mol. The standard InChI is InChI=1S/C11H16N4OS/c1-3-17(16)7-6-13-11-10-9(4-5-12-11)15(2)8-14-10/h4-5,8H,3,6-7H2,1-2H3,(H,12,13). The zero-order valence-corrected chi connectivity index (χ0v) is 10.8. The van der Waals surface area contributed by atoms with Gasteiger partial charge < -0.3 is 9.88 Å². The number of anilines is 1. The van der Waals surface area contributed by atoms with E-state index in [1.165, 1.54) is 0 Å². The van der Waals surface area contributed by atoms with Gasteiger partial charge in [-0.15, -0.1) is 0 Å². The van der Waals surface area contributed by atoms with Gasteiger partial charge in [0.05, 0.1) is 11.8 Å². The molecule has 2 rings (SSSR count). The molecule has 17 heavy (non-hydrogen) atoms. The minimum absolute atomic E-state index is 0.640. The zero-order chi connectivity index (χ0) is 12.3. The molecule has 2 aromatic heterocycles. The van der Waals surface area contributed by atoms with Crippen molar-refractivity contribution in [1.29, 1.82) is 0 Å². The predicted octanol–water partition coefficient (Wildman–Crippen LogP) is 1.15. The first-order valence-electron chi connectivity index (χ1n) is 5.57. The average Bonchev–Trinajstić information content (AvgIpc) is 2.72. The van der Waals surface area contributed by atoms with E-state index in [1.807, 2.05) is 24.6 Å². The van der Waals surface area contributed by atoms with Crippen molar-refractivity contribution in [1.82, 2.24) is 14.5 Å². The molecule has 0 aliphatic rings. The smallest absolute Gasteiger partial charge is 0.154 e. The number of aryl methyl sites for hydroxylation is 1. The molecule has 1 atom stereocenters. The van der Waals surface area contributed by atoms with Gasteiger partial charge in [0.15, 0.2) is 5.82 Å². The summed E-state index contributed by atoms with van der Waals surface area (Å²) in [5.41, 5.74) is 1.90. The summed E-state index contributed by atoms with van der Waals surface area (Å²) in [5.74, 6) is 2.10. The third kappa shape index (κ3) is 2.63. The van der Waals surface area contributed by atoms with Gasteiger partial charge in [-0.25, -0.2) is 9.97 Å². The number of nitrogens with one attached hydrogen (secondary N) is 1. The number of aromatic nitrogens is 3. The lowest BCUT2D eigenvalue weighted by Crippen LogP contribution is -2.13. The molecule has 0 aliphatic heterocycles. The van der Waals surface area contributed by atoms with Crippen LogP contribution in [-0.4, -0.2) is 36.8 Å². The van der Waals surface area contributed by atoms with Gasteiger partial charge >= 0.3 is 0 Å². The Morgan fingerprint density at radius 1 is 1.47 bits per heavy atom. The van der Waals surface area contributed by atoms with E-state index in [2.05, 4.69) is 15.3 Å². The molecule has 0 fully saturated rings. The summed E-state index contributed by atoms with van der Waals surface area (Å²) >= 11 is 0. The Morgan fingerprint density at radius 3 is 3.06 bits per heavy atom. The number of nitrogens with zero attached hydrogens (tertiary/aromatic N) is 3. The normalized spacial score (nSPS) is 12.8. The molecule has 2 heterocycles. The highest BCUT2D eigenvalue weighted by Gasteiger charge is 2.06. The van der Waals surface area contributed by atoms with E-state index < -0.39 is 10.8 Å². The average molecular weight is 252 g/mol. The SMILES string of the molecule is CCS(=O)CCNc1nccc2c1ncn2C. The van der Waals surface area contributed by atoms with Crippen molar-refractivity contribution in [3.63, 3.8) is 0 Å². The Kier molecular flexibility index (Phi) is 3.73. The fourth-order valence-corrected chi connectivity index (χ4v) is 2.24. The molecule has 0 aromatic carbocycles. The van der Waals surface area contributed by atoms with Crippen LogP contribution in [-0.2, 0) is 17.8 Å². The summed E-state index contributed by atoms with van der Waals surface area (Å²) in [6.07, 6.45) is 3.52. The van der Waals surface area contributed by atoms with Crippen LogP contribution in [0.2, 0.25) is 0 Å². The van der Waals surface area contributed by atoms with Crippen LogP contribution in [0, 0.1) is 0 Å². The van der Waals surface area contributed by atoms with E-state index in [1.54, 1.807) is 12.5 Å². The molecule has 1 unspecified atom stereocenters. The Balaban J connectivity index is 2.11. The quantitative estimate of drug-likeness (QED) is 0.867. The summed E-state index contributed by atoms with van der Waals surface area (Å²) < 4.78 is 13.3. The van der Waals surface area contributed by atoms with Crippen molar-refractivity contribution < 1.29 is 4.21 Å². The van der Waals surface area contributed by atoms with Gasteiger partial charge in [-0.05, 0) is 6.07 Å². The molecule has 0 bridgehead atoms. The molecule has 0 saturated heterocycles. The largest absolute Gasteiger partial charge is 0.367 e. The van der Waals surface area contributed by atoms with Crippen LogP contribution >= 0.6 is 0 Å². The van der Waals surface area contributed by atoms with Gasteiger partial charge in [-0.2, -0.15) is 0 Å². The van der Waals surface area contributed by atoms with Crippen LogP contribution in [0.1, 0.15) is 6.92 Å². The number of fused-ring (bicyclic) bond motifs is 1. The first-order valence-corrected chi connectivity index (χ1v) is 7.06. The van der Waals surface area contributed by atoms with Crippen molar-refractivity contribution in [2.45, 2.75) is 6.92 Å². The summed E-state index contributed by atoms with van der Waals surface area (Å²) in [5, 5.41) is 3.19. The Labute approximate surface area is 103 Å². The lowest BCUT2D eigenvalue weighted by molar-refractivity contribution is 0.684. The van der Waals surface area contributed by atoms with Gasteiger partial charge in [0, 0.05) is 42.1 Å². The van der Waals surface area contributed by atoms with Crippen LogP contribution in [0.3, 0.4) is 0 Å². The van der Waals surface area contributed by atoms with Crippen LogP contribution < -0.4 is 5.32 Å². The highest BCUT2D eigenvalue weighted by Crippen LogP contribution is 2.17. The topological polar surface area (TPSA) is 59.8 Å². The monoisotopic (exact) mass is 252 g/mol. The van der Waals surface area contributed by atoms with Crippen molar-refractivity contribution in [2.24, 2.45) is 7.05 Å². The maximum absolute atomic E-state index is 11.3. The van der Waals surface area contributed by atoms with Gasteiger partial charge in [-0.1, -0.05) is 6.92 Å². The lowest BCUT2D eigenvalue weighted by atomic mass is 10.4. The van der Waals surface area contributed by atoms with Gasteiger partial charge in [-0.3, -0.25) is 4.21 Å². The molecule has 1 N–H and O–H groups in total. The summed E-state index contributed by atoms with van der Waals surface area (Å²) in [6, 6.07) is 1.93. The summed E-state index contributed by atoms with van der Waals surface area (Å²) in [6.45, 7) is 2.58. The fraction of sp³-hybridized carbons (Fsp3) is 0.455. The van der Waals surface area contributed by atoms with Crippen molar-refractivity contribution in [3.8, 4) is 0 Å². The Morgan fingerprint density at radius 2 is 2.29 bits per heavy atom. The third-order valence-electron chi connectivity index (χ3n) is 2.59. The molecule has 6 heteroatoms. The Hall–Kier alpha value is -1.43. The van der Waals surface area contributed by atoms with E-state index in [4.69, 9.17) is 0 Å². The predicted molar refractivity (Wildman–Crippen MR) is 70.5 cm³/mol. The number of rotatable bonds is 5. The molecule has 0 radical (unpaired) electrons. The van der Waals surface area contributed by atoms with E-state index >= 15 is 0 Å². The highest BCUT2D eigenvalue weighted by atomic mass is 32.2. The van der Waals surface area contributed by atoms with Crippen LogP contribution in [0.15, 0.2) is 18.6 Å². The fourth-order valence-electron chi connectivity index (χ4n) is 1.62. The van der Waals surface area contributed by atoms with Crippen LogP contribution in [0.5, 0.6) is 0 Å². The first-order chi connectivity index (χ1) is 8.22. The Bertz CT molecular complexity index is 537. The number of pyridine rings is 1. The van der Waals surface area contributed by atoms with Crippen LogP contribution in [0.25, 0.3) is 11.0 Å². The molecule has 0 amide bonds. The molecule has 0 aliphatic carbocycles. The number of hydrogen-bond donors (Lipinski definition) is 1. The number of hydrogen-bond acceptors (Lipinski definition) is 4. The zero-order valence-electron chi connectivity index (χ0n) is 10.0. The van der Waals surface area contributed by atoms with Crippen molar-refractivity contribution >= 4 is 27.7 Å². The van der Waals surface area contributed by atoms with Crippen LogP contribution in [0.4, 0.5) is 5.82 Å². The first kappa shape index (κ1) is 12.0. The second-order valence-corrected chi connectivity index (χ2v) is 5.61. The number of imidazole rings is 1. The van der Waals surface area contributed by atoms with Crippen molar-refractivity contribution in [2.75, 3.05) is 23.4 Å². The molecule has 92 valence electrons. The minimum atomic E-state index is -0.745. The third-order valence-corrected chi connectivity index (χ3v) is 3.89. The molecule has 2 aromatic rings. The van der Waals surface area contributed by atoms with E-state index in [0.717, 1.165) is 16.9 Å². The van der Waals surface area contributed by atoms with Gasteiger partial charge in [0.25, 0.3) is 0 Å². The van der Waals surface area contributed by atoms with Crippen molar-refractivity contribution in [3.05, 3.63) is 18.6 Å². The minimum Gasteiger partial charge on any atom is -0.367 e. The van der Waals surface area contributed by atoms with E-state index in [9.17, 15) is 4.21 Å². The molecule has 0 saturated carbocycles. The van der Waals surface area contributed by atoms with Gasteiger partial charge in [0.1, 0.15) is 5.52 Å². The summed E-state index contributed by atoms with van der Waals surface area (Å²) in [7, 11) is 1.20. The second kappa shape index (κ2) is 5.27. The second-order valence-electron chi connectivity index (χ2n) is 3.74. The van der Waals surface area contributed by atoms with E-state index in [-0.39, 0.29) is 0 Å². The molecular formula is C11H16N4OS. The molecule has 5 nitrogen and oxygen atoms in total. The van der Waals surface area contributed by atoms with E-state index in [0.29, 0.717) is 18.1 Å².